The highest BCUT2D eigenvalue weighted by Crippen LogP contribution is 2.24. The molecule has 2 heterocycles. The fourth-order valence-corrected chi connectivity index (χ4v) is 3.27. The second kappa shape index (κ2) is 7.66. The molecule has 0 aliphatic carbocycles. The van der Waals surface area contributed by atoms with Gasteiger partial charge in [-0.1, -0.05) is 12.1 Å². The molecule has 2 saturated heterocycles. The van der Waals surface area contributed by atoms with Gasteiger partial charge in [0.2, 0.25) is 5.91 Å². The van der Waals surface area contributed by atoms with Gasteiger partial charge < -0.3 is 20.1 Å². The molecule has 2 aliphatic rings. The Labute approximate surface area is 141 Å². The Morgan fingerprint density at radius 1 is 1.21 bits per heavy atom. The molecule has 0 radical (unpaired) electrons. The van der Waals surface area contributed by atoms with Crippen LogP contribution in [-0.2, 0) is 9.53 Å². The van der Waals surface area contributed by atoms with Crippen molar-refractivity contribution in [2.45, 2.75) is 31.8 Å². The zero-order valence-electron chi connectivity index (χ0n) is 13.8. The number of benzene rings is 1. The lowest BCUT2D eigenvalue weighted by Crippen LogP contribution is -2.41. The first kappa shape index (κ1) is 16.8. The number of nitrogens with zero attached hydrogens (tertiary/aromatic N) is 1. The van der Waals surface area contributed by atoms with E-state index in [-0.39, 0.29) is 23.8 Å². The van der Waals surface area contributed by atoms with Crippen LogP contribution in [0.2, 0.25) is 0 Å². The van der Waals surface area contributed by atoms with Gasteiger partial charge in [-0.25, -0.2) is 0 Å². The normalized spacial score (nSPS) is 21.7. The van der Waals surface area contributed by atoms with E-state index in [0.29, 0.717) is 43.9 Å². The summed E-state index contributed by atoms with van der Waals surface area (Å²) < 4.78 is 11.4. The lowest BCUT2D eigenvalue weighted by atomic mass is 9.96. The van der Waals surface area contributed by atoms with Crippen LogP contribution in [0.1, 0.15) is 36.0 Å². The van der Waals surface area contributed by atoms with Crippen LogP contribution in [-0.4, -0.2) is 49.1 Å². The molecule has 1 atom stereocenters. The van der Waals surface area contributed by atoms with Gasteiger partial charge >= 0.3 is 0 Å². The van der Waals surface area contributed by atoms with Gasteiger partial charge in [-0.2, -0.15) is 0 Å². The molecule has 6 nitrogen and oxygen atoms in total. The number of carbonyl (C=O) groups excluding carboxylic acids is 2. The smallest absolute Gasteiger partial charge is 0.257 e. The second-order valence-corrected chi connectivity index (χ2v) is 6.41. The van der Waals surface area contributed by atoms with Crippen LogP contribution in [0.15, 0.2) is 24.3 Å². The predicted molar refractivity (Wildman–Crippen MR) is 88.7 cm³/mol. The van der Waals surface area contributed by atoms with Crippen LogP contribution in [0, 0.1) is 5.92 Å². The van der Waals surface area contributed by atoms with Crippen LogP contribution in [0.3, 0.4) is 0 Å². The lowest BCUT2D eigenvalue weighted by molar-refractivity contribution is -0.123. The number of amides is 2. The van der Waals surface area contributed by atoms with Crippen molar-refractivity contribution in [2.24, 2.45) is 11.7 Å². The number of likely N-dealkylation sites (tertiary alicyclic amines) is 1. The Morgan fingerprint density at radius 3 is 2.62 bits per heavy atom. The summed E-state index contributed by atoms with van der Waals surface area (Å²) in [5.41, 5.74) is 5.91. The molecule has 0 bridgehead atoms. The number of piperidine rings is 1. The Bertz CT molecular complexity index is 590. The summed E-state index contributed by atoms with van der Waals surface area (Å²) in [5, 5.41) is 0. The average molecular weight is 332 g/mol. The third kappa shape index (κ3) is 3.87. The van der Waals surface area contributed by atoms with Gasteiger partial charge in [-0.3, -0.25) is 9.59 Å². The zero-order valence-corrected chi connectivity index (χ0v) is 13.8. The van der Waals surface area contributed by atoms with Crippen molar-refractivity contribution < 1.29 is 19.1 Å². The molecule has 3 rings (SSSR count). The first-order valence-corrected chi connectivity index (χ1v) is 8.57. The maximum Gasteiger partial charge on any atom is 0.257 e. The van der Waals surface area contributed by atoms with Gasteiger partial charge in [0.05, 0.1) is 11.7 Å². The molecule has 130 valence electrons. The number of ether oxygens (including phenoxy) is 2. The molecule has 2 fully saturated rings. The second-order valence-electron chi connectivity index (χ2n) is 6.41. The fourth-order valence-electron chi connectivity index (χ4n) is 3.27. The predicted octanol–water partition coefficient (Wildman–Crippen LogP) is 1.58. The molecule has 2 aliphatic heterocycles. The SMILES string of the molecule is NC(=O)C1CCN(C(=O)c2ccccc2OCC2CCCO2)CC1. The maximum atomic E-state index is 12.8. The minimum Gasteiger partial charge on any atom is -0.490 e. The van der Waals surface area contributed by atoms with Crippen molar-refractivity contribution in [1.82, 2.24) is 4.90 Å². The summed E-state index contributed by atoms with van der Waals surface area (Å²) >= 11 is 0. The van der Waals surface area contributed by atoms with Gasteiger partial charge in [0.1, 0.15) is 12.4 Å². The van der Waals surface area contributed by atoms with E-state index in [2.05, 4.69) is 0 Å². The van der Waals surface area contributed by atoms with Crippen molar-refractivity contribution in [2.75, 3.05) is 26.3 Å². The number of hydrogen-bond acceptors (Lipinski definition) is 4. The van der Waals surface area contributed by atoms with E-state index in [1.54, 1.807) is 11.0 Å². The number of carbonyl (C=O) groups is 2. The quantitative estimate of drug-likeness (QED) is 0.887. The summed E-state index contributed by atoms with van der Waals surface area (Å²) in [6, 6.07) is 7.30. The van der Waals surface area contributed by atoms with E-state index in [4.69, 9.17) is 15.2 Å². The molecule has 2 N–H and O–H groups in total. The summed E-state index contributed by atoms with van der Waals surface area (Å²) in [6.07, 6.45) is 3.42. The van der Waals surface area contributed by atoms with Crippen LogP contribution in [0.25, 0.3) is 0 Å². The van der Waals surface area contributed by atoms with E-state index in [9.17, 15) is 9.59 Å². The highest BCUT2D eigenvalue weighted by atomic mass is 16.5. The van der Waals surface area contributed by atoms with E-state index in [1.165, 1.54) is 0 Å². The van der Waals surface area contributed by atoms with Gasteiger partial charge in [0, 0.05) is 25.6 Å². The third-order valence-corrected chi connectivity index (χ3v) is 4.75. The van der Waals surface area contributed by atoms with Gasteiger partial charge in [-0.05, 0) is 37.8 Å². The number of hydrogen-bond donors (Lipinski definition) is 1. The lowest BCUT2D eigenvalue weighted by Gasteiger charge is -2.31. The first-order valence-electron chi connectivity index (χ1n) is 8.57. The molecular formula is C18H24N2O4. The molecule has 1 aromatic carbocycles. The van der Waals surface area contributed by atoms with Crippen LogP contribution >= 0.6 is 0 Å². The number of rotatable bonds is 5. The van der Waals surface area contributed by atoms with Crippen molar-refractivity contribution in [3.8, 4) is 5.75 Å². The van der Waals surface area contributed by atoms with E-state index >= 15 is 0 Å². The number of para-hydroxylation sites is 1. The zero-order chi connectivity index (χ0) is 16.9. The average Bonchev–Trinajstić information content (AvgIpc) is 3.13. The number of primary amides is 1. The Kier molecular flexibility index (Phi) is 5.35. The minimum absolute atomic E-state index is 0.0548. The molecule has 24 heavy (non-hydrogen) atoms. The maximum absolute atomic E-state index is 12.8. The van der Waals surface area contributed by atoms with Crippen molar-refractivity contribution >= 4 is 11.8 Å². The highest BCUT2D eigenvalue weighted by Gasteiger charge is 2.28. The highest BCUT2D eigenvalue weighted by molar-refractivity contribution is 5.97. The Hall–Kier alpha value is -2.08. The summed E-state index contributed by atoms with van der Waals surface area (Å²) in [7, 11) is 0. The molecule has 0 aromatic heterocycles. The van der Waals surface area contributed by atoms with Crippen LogP contribution < -0.4 is 10.5 Å². The van der Waals surface area contributed by atoms with E-state index in [0.717, 1.165) is 19.4 Å². The molecule has 0 saturated carbocycles. The van der Waals surface area contributed by atoms with E-state index < -0.39 is 0 Å². The topological polar surface area (TPSA) is 81.9 Å². The Balaban J connectivity index is 1.63. The fraction of sp³-hybridized carbons (Fsp3) is 0.556. The molecule has 1 unspecified atom stereocenters. The molecule has 2 amide bonds. The molecule has 0 spiro atoms. The largest absolute Gasteiger partial charge is 0.490 e. The third-order valence-electron chi connectivity index (χ3n) is 4.75. The monoisotopic (exact) mass is 332 g/mol. The van der Waals surface area contributed by atoms with Gasteiger partial charge in [-0.15, -0.1) is 0 Å². The number of nitrogens with two attached hydrogens (primary N) is 1. The standard InChI is InChI=1S/C18H24N2O4/c19-17(21)13-7-9-20(10-8-13)18(22)15-5-1-2-6-16(15)24-12-14-4-3-11-23-14/h1-2,5-6,13-14H,3-4,7-12H2,(H2,19,21). The van der Waals surface area contributed by atoms with Crippen LogP contribution in [0.5, 0.6) is 5.75 Å². The Morgan fingerprint density at radius 2 is 1.96 bits per heavy atom. The van der Waals surface area contributed by atoms with Gasteiger partial charge in [0.15, 0.2) is 0 Å². The van der Waals surface area contributed by atoms with Crippen molar-refractivity contribution in [1.29, 1.82) is 0 Å². The minimum atomic E-state index is -0.276. The van der Waals surface area contributed by atoms with Gasteiger partial charge in [0.25, 0.3) is 5.91 Å². The molecule has 6 heteroatoms. The first-order chi connectivity index (χ1) is 11.6. The molecule has 1 aromatic rings. The molecular weight excluding hydrogens is 308 g/mol. The summed E-state index contributed by atoms with van der Waals surface area (Å²) in [4.78, 5) is 25.8. The van der Waals surface area contributed by atoms with E-state index in [1.807, 2.05) is 18.2 Å². The summed E-state index contributed by atoms with van der Waals surface area (Å²) in [6.45, 7) is 2.34. The van der Waals surface area contributed by atoms with Crippen LogP contribution in [0.4, 0.5) is 0 Å². The van der Waals surface area contributed by atoms with Crippen molar-refractivity contribution in [3.05, 3.63) is 29.8 Å². The summed E-state index contributed by atoms with van der Waals surface area (Å²) in [5.74, 6) is 0.137. The van der Waals surface area contributed by atoms with Crippen molar-refractivity contribution in [3.63, 3.8) is 0 Å².